The van der Waals surface area contributed by atoms with Crippen molar-refractivity contribution >= 4 is 23.9 Å². The number of primary amides is 1. The maximum atomic E-state index is 15.6. The van der Waals surface area contributed by atoms with Crippen LogP contribution in [0.4, 0.5) is 9.18 Å². The molecule has 0 spiro atoms. The molecule has 41 heavy (non-hydrogen) atoms. The molecule has 226 valence electrons. The average Bonchev–Trinajstić information content (AvgIpc) is 3.32. The van der Waals surface area contributed by atoms with Gasteiger partial charge in [-0.05, 0) is 75.8 Å². The second-order valence-electron chi connectivity index (χ2n) is 13.0. The Morgan fingerprint density at radius 2 is 1.71 bits per heavy atom. The lowest BCUT2D eigenvalue weighted by Gasteiger charge is -2.36. The number of hydrogen-bond acceptors (Lipinski definition) is 5. The molecule has 0 radical (unpaired) electrons. The molecule has 10 heteroatoms. The fourth-order valence-corrected chi connectivity index (χ4v) is 7.25. The Labute approximate surface area is 241 Å². The Morgan fingerprint density at radius 3 is 2.29 bits per heavy atom. The van der Waals surface area contributed by atoms with E-state index in [0.29, 0.717) is 19.4 Å². The van der Waals surface area contributed by atoms with Crippen LogP contribution in [0.3, 0.4) is 0 Å². The lowest BCUT2D eigenvalue weighted by atomic mass is 9.70. The van der Waals surface area contributed by atoms with Gasteiger partial charge in [-0.2, -0.15) is 0 Å². The first-order valence-corrected chi connectivity index (χ1v) is 15.0. The van der Waals surface area contributed by atoms with E-state index in [2.05, 4.69) is 5.32 Å². The third-order valence-electron chi connectivity index (χ3n) is 9.12. The third kappa shape index (κ3) is 7.19. The number of benzene rings is 1. The highest BCUT2D eigenvalue weighted by Gasteiger charge is 2.52. The van der Waals surface area contributed by atoms with Gasteiger partial charge in [-0.1, -0.05) is 44.2 Å². The minimum atomic E-state index is -1.35. The Hall–Kier alpha value is -3.17. The largest absolute Gasteiger partial charge is 0.478 e. The van der Waals surface area contributed by atoms with Crippen molar-refractivity contribution in [2.24, 2.45) is 29.4 Å². The summed E-state index contributed by atoms with van der Waals surface area (Å²) in [4.78, 5) is 52.2. The summed E-state index contributed by atoms with van der Waals surface area (Å²) in [7, 11) is 0. The van der Waals surface area contributed by atoms with Crippen molar-refractivity contribution in [3.63, 3.8) is 0 Å². The van der Waals surface area contributed by atoms with Gasteiger partial charge in [0, 0.05) is 24.9 Å². The van der Waals surface area contributed by atoms with Crippen molar-refractivity contribution in [1.82, 2.24) is 10.2 Å². The van der Waals surface area contributed by atoms with Crippen LogP contribution in [-0.4, -0.2) is 58.6 Å². The van der Waals surface area contributed by atoms with E-state index in [1.807, 2.05) is 20.8 Å². The lowest BCUT2D eigenvalue weighted by molar-refractivity contribution is -0.143. The van der Waals surface area contributed by atoms with Crippen molar-refractivity contribution in [1.29, 1.82) is 0 Å². The number of nitrogens with two attached hydrogens (primary N) is 1. The molecule has 3 fully saturated rings. The number of ether oxygens (including phenoxy) is 1. The van der Waals surface area contributed by atoms with E-state index in [9.17, 15) is 24.3 Å². The van der Waals surface area contributed by atoms with Crippen LogP contribution in [0.25, 0.3) is 0 Å². The number of carboxylic acids is 1. The van der Waals surface area contributed by atoms with Gasteiger partial charge in [-0.3, -0.25) is 9.59 Å². The molecule has 4 N–H and O–H groups in total. The molecule has 0 bridgehead atoms. The molecule has 1 saturated heterocycles. The summed E-state index contributed by atoms with van der Waals surface area (Å²) in [6, 6.07) is 3.47. The van der Waals surface area contributed by atoms with Crippen LogP contribution in [0, 0.1) is 29.5 Å². The van der Waals surface area contributed by atoms with E-state index in [-0.39, 0.29) is 41.7 Å². The van der Waals surface area contributed by atoms with E-state index in [4.69, 9.17) is 10.5 Å². The average molecular weight is 574 g/mol. The van der Waals surface area contributed by atoms with E-state index in [1.54, 1.807) is 11.0 Å². The molecular weight excluding hydrogens is 529 g/mol. The molecule has 1 aromatic carbocycles. The molecular formula is C31H44FN3O6. The maximum absolute atomic E-state index is 15.6. The predicted octanol–water partition coefficient (Wildman–Crippen LogP) is 4.83. The minimum absolute atomic E-state index is 0.0894. The number of aromatic carboxylic acids is 1. The number of hydrogen-bond donors (Lipinski definition) is 3. The second-order valence-corrected chi connectivity index (χ2v) is 13.0. The SMILES string of the molecule is CC(C)(C)OC(=O)NCC1CCC(C(=O)N2CC(c3cccc(C(=O)O)c3F)[C@@H](C3CCCCC3)[C@H]2C(N)=O)CC1. The van der Waals surface area contributed by atoms with Crippen LogP contribution in [0.2, 0.25) is 0 Å². The molecule has 1 aromatic rings. The lowest BCUT2D eigenvalue weighted by Crippen LogP contribution is -2.50. The highest BCUT2D eigenvalue weighted by molar-refractivity contribution is 5.90. The maximum Gasteiger partial charge on any atom is 0.407 e. The molecule has 3 atom stereocenters. The molecule has 1 aliphatic heterocycles. The topological polar surface area (TPSA) is 139 Å². The number of halogens is 1. The third-order valence-corrected chi connectivity index (χ3v) is 9.12. The first-order chi connectivity index (χ1) is 19.4. The molecule has 0 aromatic heterocycles. The van der Waals surface area contributed by atoms with E-state index < -0.39 is 46.9 Å². The van der Waals surface area contributed by atoms with Crippen LogP contribution in [-0.2, 0) is 14.3 Å². The van der Waals surface area contributed by atoms with E-state index in [0.717, 1.165) is 44.9 Å². The van der Waals surface area contributed by atoms with Gasteiger partial charge < -0.3 is 25.8 Å². The molecule has 1 heterocycles. The number of carbonyl (C=O) groups is 4. The van der Waals surface area contributed by atoms with Gasteiger partial charge in [0.15, 0.2) is 0 Å². The van der Waals surface area contributed by atoms with Gasteiger partial charge in [-0.15, -0.1) is 0 Å². The Morgan fingerprint density at radius 1 is 1.05 bits per heavy atom. The number of amides is 3. The first kappa shape index (κ1) is 30.8. The van der Waals surface area contributed by atoms with Gasteiger partial charge in [0.05, 0.1) is 5.56 Å². The molecule has 2 saturated carbocycles. The van der Waals surface area contributed by atoms with Crippen LogP contribution in [0.5, 0.6) is 0 Å². The van der Waals surface area contributed by atoms with E-state index >= 15 is 4.39 Å². The molecule has 4 rings (SSSR count). The van der Waals surface area contributed by atoms with Crippen molar-refractivity contribution in [3.05, 3.63) is 35.1 Å². The smallest absolute Gasteiger partial charge is 0.407 e. The standard InChI is InChI=1S/C31H44FN3O6/c1-31(2,3)41-30(40)34-16-18-12-14-20(15-13-18)28(37)35-17-23(21-10-7-11-22(25(21)32)29(38)39)24(26(35)27(33)36)19-8-5-4-6-9-19/h7,10-11,18-20,23-24,26H,4-6,8-9,12-17H2,1-3H3,(H2,33,36)(H,34,40)(H,38,39)/t18?,20?,23?,24-,26+/m1/s1. The van der Waals surface area contributed by atoms with Gasteiger partial charge >= 0.3 is 12.1 Å². The van der Waals surface area contributed by atoms with Crippen molar-refractivity contribution in [2.75, 3.05) is 13.1 Å². The summed E-state index contributed by atoms with van der Waals surface area (Å²) >= 11 is 0. The summed E-state index contributed by atoms with van der Waals surface area (Å²) in [5.41, 5.74) is 5.21. The Bertz CT molecular complexity index is 1140. The fourth-order valence-electron chi connectivity index (χ4n) is 7.25. The van der Waals surface area contributed by atoms with Crippen LogP contribution >= 0.6 is 0 Å². The summed E-state index contributed by atoms with van der Waals surface area (Å²) in [5, 5.41) is 12.3. The first-order valence-electron chi connectivity index (χ1n) is 15.0. The van der Waals surface area contributed by atoms with Crippen molar-refractivity contribution in [2.45, 2.75) is 96.1 Å². The van der Waals surface area contributed by atoms with Crippen LogP contribution in [0.1, 0.15) is 100 Å². The number of carbonyl (C=O) groups excluding carboxylic acids is 3. The van der Waals surface area contributed by atoms with Gasteiger partial charge in [0.2, 0.25) is 11.8 Å². The minimum Gasteiger partial charge on any atom is -0.478 e. The number of nitrogens with one attached hydrogen (secondary N) is 1. The summed E-state index contributed by atoms with van der Waals surface area (Å²) < 4.78 is 20.9. The summed E-state index contributed by atoms with van der Waals surface area (Å²) in [5.74, 6) is -3.78. The van der Waals surface area contributed by atoms with Gasteiger partial charge in [0.1, 0.15) is 17.5 Å². The highest BCUT2D eigenvalue weighted by atomic mass is 19.1. The zero-order chi connectivity index (χ0) is 29.9. The van der Waals surface area contributed by atoms with Crippen LogP contribution < -0.4 is 11.1 Å². The number of rotatable bonds is 7. The number of alkyl carbamates (subject to hydrolysis) is 1. The van der Waals surface area contributed by atoms with Crippen molar-refractivity contribution < 1.29 is 33.4 Å². The monoisotopic (exact) mass is 573 g/mol. The highest BCUT2D eigenvalue weighted by Crippen LogP contribution is 2.48. The summed E-state index contributed by atoms with van der Waals surface area (Å²) in [6.07, 6.45) is 7.05. The fraction of sp³-hybridized carbons (Fsp3) is 0.677. The van der Waals surface area contributed by atoms with Gasteiger partial charge in [-0.25, -0.2) is 14.0 Å². The second kappa shape index (κ2) is 12.8. The van der Waals surface area contributed by atoms with Gasteiger partial charge in [0.25, 0.3) is 0 Å². The Kier molecular flexibility index (Phi) is 9.59. The molecule has 3 amide bonds. The quantitative estimate of drug-likeness (QED) is 0.427. The molecule has 2 aliphatic carbocycles. The normalized spacial score (nSPS) is 27.3. The number of carboxylic acid groups (broad SMARTS) is 1. The number of likely N-dealkylation sites (tertiary alicyclic amines) is 1. The molecule has 3 aliphatic rings. The molecule has 1 unspecified atom stereocenters. The zero-order valence-electron chi connectivity index (χ0n) is 24.4. The van der Waals surface area contributed by atoms with Crippen molar-refractivity contribution in [3.8, 4) is 0 Å². The molecule has 9 nitrogen and oxygen atoms in total. The Balaban J connectivity index is 1.51. The zero-order valence-corrected chi connectivity index (χ0v) is 24.4. The number of nitrogens with zero attached hydrogens (tertiary/aromatic N) is 1. The predicted molar refractivity (Wildman–Crippen MR) is 151 cm³/mol. The van der Waals surface area contributed by atoms with Crippen LogP contribution in [0.15, 0.2) is 18.2 Å². The summed E-state index contributed by atoms with van der Waals surface area (Å²) in [6.45, 7) is 6.02. The van der Waals surface area contributed by atoms with E-state index in [1.165, 1.54) is 12.1 Å².